The fraction of sp³-hybridized carbons (Fsp3) is 0.615. The molecule has 1 saturated heterocycles. The first-order chi connectivity index (χ1) is 9.00. The summed E-state index contributed by atoms with van der Waals surface area (Å²) in [5.41, 5.74) is -0.938. The van der Waals surface area contributed by atoms with Gasteiger partial charge in [0.05, 0.1) is 16.2 Å². The highest BCUT2D eigenvalue weighted by atomic mass is 35.5. The first-order valence-corrected chi connectivity index (χ1v) is 7.85. The van der Waals surface area contributed by atoms with Gasteiger partial charge in [0.25, 0.3) is 0 Å². The lowest BCUT2D eigenvalue weighted by Crippen LogP contribution is -2.44. The lowest BCUT2D eigenvalue weighted by Gasteiger charge is -2.39. The van der Waals surface area contributed by atoms with Crippen LogP contribution in [0.4, 0.5) is 0 Å². The van der Waals surface area contributed by atoms with Crippen LogP contribution in [0.2, 0.25) is 0 Å². The molecule has 100 valence electrons. The third-order valence-electron chi connectivity index (χ3n) is 5.74. The number of ketones is 1. The number of allylic oxidation sites excluding steroid dienone is 2. The molecule has 6 bridgehead atoms. The van der Waals surface area contributed by atoms with E-state index in [-0.39, 0.29) is 32.2 Å². The summed E-state index contributed by atoms with van der Waals surface area (Å²) in [6.45, 7) is 0. The molecule has 5 aliphatic carbocycles. The Hall–Kier alpha value is 0.270. The zero-order valence-corrected chi connectivity index (χ0v) is 12.5. The molecule has 0 amide bonds. The number of hydrogen-bond donors (Lipinski definition) is 0. The zero-order valence-electron chi connectivity index (χ0n) is 9.50. The molecule has 0 aromatic rings. The van der Waals surface area contributed by atoms with E-state index in [4.69, 9.17) is 51.1 Å². The number of Topliss-reactive ketones (excluding diaryl/α,β-unsaturated/α-hetero) is 1. The van der Waals surface area contributed by atoms with Crippen LogP contribution in [-0.4, -0.2) is 17.5 Å². The summed E-state index contributed by atoms with van der Waals surface area (Å²) in [4.78, 5) is 11.9. The van der Waals surface area contributed by atoms with E-state index in [1.165, 1.54) is 6.42 Å². The molecule has 0 N–H and O–H groups in total. The van der Waals surface area contributed by atoms with E-state index in [2.05, 4.69) is 0 Å². The van der Waals surface area contributed by atoms with Crippen LogP contribution < -0.4 is 0 Å². The van der Waals surface area contributed by atoms with E-state index in [1.807, 2.05) is 0 Å². The number of ether oxygens (including phenoxy) is 1. The fourth-order valence-electron chi connectivity index (χ4n) is 5.23. The van der Waals surface area contributed by atoms with Crippen molar-refractivity contribution in [2.75, 3.05) is 0 Å². The summed E-state index contributed by atoms with van der Waals surface area (Å²) in [6, 6.07) is 0. The topological polar surface area (TPSA) is 26.3 Å². The summed E-state index contributed by atoms with van der Waals surface area (Å²) < 4.78 is 6.21. The Morgan fingerprint density at radius 2 is 1.63 bits per heavy atom. The van der Waals surface area contributed by atoms with Gasteiger partial charge < -0.3 is 4.74 Å². The van der Waals surface area contributed by atoms with Crippen LogP contribution >= 0.6 is 46.4 Å². The maximum atomic E-state index is 11.9. The first-order valence-electron chi connectivity index (χ1n) is 6.34. The third kappa shape index (κ3) is 1.01. The summed E-state index contributed by atoms with van der Waals surface area (Å²) in [7, 11) is 0. The van der Waals surface area contributed by atoms with Gasteiger partial charge in [-0.15, -0.1) is 0 Å². The molecule has 0 aromatic carbocycles. The quantitative estimate of drug-likeness (QED) is 0.675. The molecule has 0 radical (unpaired) electrons. The summed E-state index contributed by atoms with van der Waals surface area (Å²) in [6.07, 6.45) is 1.40. The summed E-state index contributed by atoms with van der Waals surface area (Å²) in [5.74, 6) is 2.27. The van der Waals surface area contributed by atoms with Gasteiger partial charge in [0.1, 0.15) is 15.7 Å². The van der Waals surface area contributed by atoms with E-state index in [9.17, 15) is 4.79 Å². The van der Waals surface area contributed by atoms with Crippen molar-refractivity contribution in [3.63, 3.8) is 0 Å². The first kappa shape index (κ1) is 11.9. The summed E-state index contributed by atoms with van der Waals surface area (Å²) in [5, 5.41) is 0.380. The van der Waals surface area contributed by atoms with E-state index in [1.54, 1.807) is 0 Å². The molecular formula is C13H8Cl4O2. The lowest BCUT2D eigenvalue weighted by molar-refractivity contribution is -0.112. The molecule has 6 aliphatic rings. The highest BCUT2D eigenvalue weighted by Gasteiger charge is 2.84. The van der Waals surface area contributed by atoms with Gasteiger partial charge in [-0.25, -0.2) is 0 Å². The van der Waals surface area contributed by atoms with Gasteiger partial charge in [-0.1, -0.05) is 46.4 Å². The molecule has 4 saturated carbocycles. The van der Waals surface area contributed by atoms with Gasteiger partial charge in [-0.2, -0.15) is 0 Å². The molecule has 6 atom stereocenters. The summed E-state index contributed by atoms with van der Waals surface area (Å²) >= 11 is 24.8. The Kier molecular flexibility index (Phi) is 2.00. The van der Waals surface area contributed by atoms with Gasteiger partial charge in [0.2, 0.25) is 5.78 Å². The molecule has 2 nitrogen and oxygen atoms in total. The third-order valence-corrected chi connectivity index (χ3v) is 7.60. The number of carbonyl (C=O) groups is 1. The van der Waals surface area contributed by atoms with Crippen LogP contribution in [0.1, 0.15) is 6.42 Å². The molecule has 0 aromatic heterocycles. The van der Waals surface area contributed by atoms with Gasteiger partial charge in [0, 0.05) is 5.92 Å². The number of carbonyl (C=O) groups excluding carboxylic acids is 1. The fourth-order valence-corrected chi connectivity index (χ4v) is 6.50. The second-order valence-electron chi connectivity index (χ2n) is 6.15. The highest BCUT2D eigenvalue weighted by molar-refractivity contribution is 6.61. The van der Waals surface area contributed by atoms with Gasteiger partial charge >= 0.3 is 0 Å². The number of halogens is 4. The molecule has 19 heavy (non-hydrogen) atoms. The standard InChI is InChI=1S/C13H8Cl4O2/c14-7-9(18)8(15)12(17)13(11(7)16)6-3-1-2-4(6)5(2)10(3)19-13/h2-6,10H,1H2/t2-,3-,4-,5+,6-,10+/m1/s1. The Labute approximate surface area is 129 Å². The van der Waals surface area contributed by atoms with Crippen molar-refractivity contribution in [2.24, 2.45) is 29.6 Å². The second-order valence-corrected chi connectivity index (χ2v) is 7.66. The smallest absolute Gasteiger partial charge is 0.218 e. The van der Waals surface area contributed by atoms with Crippen molar-refractivity contribution in [1.82, 2.24) is 0 Å². The average Bonchev–Trinajstić information content (AvgIpc) is 2.78. The van der Waals surface area contributed by atoms with Crippen molar-refractivity contribution in [2.45, 2.75) is 18.1 Å². The normalized spacial score (nSPS) is 51.9. The van der Waals surface area contributed by atoms with Crippen molar-refractivity contribution >= 4 is 52.2 Å². The SMILES string of the molecule is O=C1C(Cl)=C(Cl)C2(O[C@H]3[C@@H]4C[C@H]5[C@H]3[C@@H]5[C@@H]42)C(Cl)=C1Cl. The molecule has 1 spiro atoms. The Balaban J connectivity index is 1.75. The van der Waals surface area contributed by atoms with Gasteiger partial charge in [-0.3, -0.25) is 4.79 Å². The van der Waals surface area contributed by atoms with Crippen molar-refractivity contribution in [3.05, 3.63) is 20.1 Å². The molecule has 1 aliphatic heterocycles. The monoisotopic (exact) mass is 336 g/mol. The minimum absolute atomic E-state index is 0.0435. The Morgan fingerprint density at radius 3 is 2.11 bits per heavy atom. The van der Waals surface area contributed by atoms with Gasteiger partial charge in [0.15, 0.2) is 0 Å². The van der Waals surface area contributed by atoms with E-state index in [0.717, 1.165) is 5.92 Å². The number of hydrogen-bond acceptors (Lipinski definition) is 2. The molecule has 0 unspecified atom stereocenters. The predicted molar refractivity (Wildman–Crippen MR) is 72.1 cm³/mol. The highest BCUT2D eigenvalue weighted by Crippen LogP contribution is 2.82. The molecule has 5 fully saturated rings. The van der Waals surface area contributed by atoms with Crippen molar-refractivity contribution < 1.29 is 9.53 Å². The minimum Gasteiger partial charge on any atom is -0.359 e. The van der Waals surface area contributed by atoms with Crippen LogP contribution in [-0.2, 0) is 9.53 Å². The maximum Gasteiger partial charge on any atom is 0.218 e. The zero-order chi connectivity index (χ0) is 13.3. The minimum atomic E-state index is -0.938. The van der Waals surface area contributed by atoms with Crippen LogP contribution in [0, 0.1) is 29.6 Å². The predicted octanol–water partition coefficient (Wildman–Crippen LogP) is 3.60. The second kappa shape index (κ2) is 3.20. The Bertz CT molecular complexity index is 594. The molecule has 1 heterocycles. The molecule has 6 heteroatoms. The average molecular weight is 338 g/mol. The van der Waals surface area contributed by atoms with Crippen LogP contribution in [0.15, 0.2) is 20.1 Å². The maximum absolute atomic E-state index is 11.9. The lowest BCUT2D eigenvalue weighted by atomic mass is 9.79. The van der Waals surface area contributed by atoms with E-state index < -0.39 is 11.4 Å². The molecule has 6 rings (SSSR count). The number of rotatable bonds is 0. The van der Waals surface area contributed by atoms with Crippen LogP contribution in [0.25, 0.3) is 0 Å². The Morgan fingerprint density at radius 1 is 1.00 bits per heavy atom. The van der Waals surface area contributed by atoms with Crippen molar-refractivity contribution in [1.29, 1.82) is 0 Å². The van der Waals surface area contributed by atoms with E-state index in [0.29, 0.717) is 17.8 Å². The van der Waals surface area contributed by atoms with E-state index >= 15 is 0 Å². The van der Waals surface area contributed by atoms with Crippen molar-refractivity contribution in [3.8, 4) is 0 Å². The van der Waals surface area contributed by atoms with Gasteiger partial charge in [-0.05, 0) is 30.1 Å². The largest absolute Gasteiger partial charge is 0.359 e. The molecular weight excluding hydrogens is 330 g/mol. The van der Waals surface area contributed by atoms with Crippen LogP contribution in [0.3, 0.4) is 0 Å². The van der Waals surface area contributed by atoms with Crippen LogP contribution in [0.5, 0.6) is 0 Å².